The molecule has 1 atom stereocenters. The van der Waals surface area contributed by atoms with Gasteiger partial charge in [-0.2, -0.15) is 0 Å². The zero-order valence-electron chi connectivity index (χ0n) is 17.8. The molecule has 2 heterocycles. The average Bonchev–Trinajstić information content (AvgIpc) is 3.26. The van der Waals surface area contributed by atoms with Crippen molar-refractivity contribution in [1.82, 2.24) is 15.5 Å². The van der Waals surface area contributed by atoms with Crippen molar-refractivity contribution in [2.24, 2.45) is 0 Å². The van der Waals surface area contributed by atoms with E-state index in [9.17, 15) is 4.79 Å². The van der Waals surface area contributed by atoms with Gasteiger partial charge in [-0.1, -0.05) is 17.7 Å². The minimum Gasteiger partial charge on any atom is -0.393 e. The van der Waals surface area contributed by atoms with E-state index in [0.717, 1.165) is 29.9 Å². The molecule has 1 aromatic carbocycles. The Morgan fingerprint density at radius 1 is 1.39 bits per heavy atom. The monoisotopic (exact) mass is 444 g/mol. The lowest BCUT2D eigenvalue weighted by molar-refractivity contribution is -0.128. The lowest BCUT2D eigenvalue weighted by Gasteiger charge is -2.32. The van der Waals surface area contributed by atoms with Gasteiger partial charge in [-0.15, -0.1) is 0 Å². The van der Waals surface area contributed by atoms with Crippen molar-refractivity contribution in [1.29, 1.82) is 10.8 Å². The number of carbonyl (C=O) groups excluding carboxylic acids is 1. The van der Waals surface area contributed by atoms with Crippen LogP contribution in [-0.4, -0.2) is 62.3 Å². The average molecular weight is 445 g/mol. The molecule has 0 spiro atoms. The summed E-state index contributed by atoms with van der Waals surface area (Å²) in [5.41, 5.74) is 3.82. The van der Waals surface area contributed by atoms with Crippen LogP contribution in [0.2, 0.25) is 5.02 Å². The molecule has 166 valence electrons. The SMILES string of the molecule is CN/C=C(\C=N)c1ccc(NC(=N)C2=C(NC3CCOC3)CCN(C(C)=O)C2)c(Cl)c1. The minimum absolute atomic E-state index is 0.00794. The molecular weight excluding hydrogens is 416 g/mol. The van der Waals surface area contributed by atoms with Crippen LogP contribution in [-0.2, 0) is 9.53 Å². The standard InChI is InChI=1S/C22H29ClN6O2/c1-14(30)29-7-5-20(27-17-6-8-31-13-17)18(12-29)22(25)28-21-4-3-15(9-19(21)23)16(10-24)11-26-2/h3-4,9-11,17,24,26-27H,5-8,12-13H2,1-2H3,(H2,25,28)/b16-11+,24-10?. The van der Waals surface area contributed by atoms with Gasteiger partial charge in [-0.25, -0.2) is 0 Å². The van der Waals surface area contributed by atoms with Gasteiger partial charge in [-0.3, -0.25) is 10.2 Å². The fourth-order valence-electron chi connectivity index (χ4n) is 3.69. The maximum Gasteiger partial charge on any atom is 0.219 e. The summed E-state index contributed by atoms with van der Waals surface area (Å²) in [6.07, 6.45) is 4.57. The Hall–Kier alpha value is -2.84. The van der Waals surface area contributed by atoms with Crippen LogP contribution in [0, 0.1) is 10.8 Å². The van der Waals surface area contributed by atoms with Gasteiger partial charge in [0.2, 0.25) is 5.91 Å². The Morgan fingerprint density at radius 3 is 2.81 bits per heavy atom. The predicted molar refractivity (Wildman–Crippen MR) is 125 cm³/mol. The third-order valence-corrected chi connectivity index (χ3v) is 5.73. The zero-order chi connectivity index (χ0) is 22.4. The van der Waals surface area contributed by atoms with Crippen LogP contribution in [0.3, 0.4) is 0 Å². The molecule has 0 aliphatic carbocycles. The summed E-state index contributed by atoms with van der Waals surface area (Å²) < 4.78 is 5.46. The highest BCUT2D eigenvalue weighted by Crippen LogP contribution is 2.27. The number of hydrogen-bond acceptors (Lipinski definition) is 6. The molecule has 5 N–H and O–H groups in total. The number of hydrogen-bond donors (Lipinski definition) is 5. The largest absolute Gasteiger partial charge is 0.393 e. The number of allylic oxidation sites excluding steroid dienone is 1. The fraction of sp³-hybridized carbons (Fsp3) is 0.409. The molecule has 31 heavy (non-hydrogen) atoms. The lowest BCUT2D eigenvalue weighted by atomic mass is 10.0. The number of halogens is 1. The van der Waals surface area contributed by atoms with Crippen molar-refractivity contribution < 1.29 is 9.53 Å². The fourth-order valence-corrected chi connectivity index (χ4v) is 3.91. The van der Waals surface area contributed by atoms with Gasteiger partial charge in [0.25, 0.3) is 0 Å². The molecule has 1 amide bonds. The smallest absolute Gasteiger partial charge is 0.219 e. The second-order valence-corrected chi connectivity index (χ2v) is 7.99. The second-order valence-electron chi connectivity index (χ2n) is 7.58. The number of rotatable bonds is 7. The number of nitrogens with one attached hydrogen (secondary N) is 5. The van der Waals surface area contributed by atoms with E-state index in [2.05, 4.69) is 16.0 Å². The number of ether oxygens (including phenoxy) is 1. The van der Waals surface area contributed by atoms with E-state index in [0.29, 0.717) is 42.4 Å². The zero-order valence-corrected chi connectivity index (χ0v) is 18.6. The summed E-state index contributed by atoms with van der Waals surface area (Å²) in [6.45, 7) is 3.93. The van der Waals surface area contributed by atoms with E-state index in [1.54, 1.807) is 37.2 Å². The quantitative estimate of drug-likeness (QED) is 0.328. The van der Waals surface area contributed by atoms with E-state index in [1.807, 2.05) is 6.07 Å². The van der Waals surface area contributed by atoms with E-state index >= 15 is 0 Å². The van der Waals surface area contributed by atoms with Crippen LogP contribution in [0.15, 0.2) is 35.7 Å². The Labute approximate surface area is 187 Å². The Kier molecular flexibility index (Phi) is 7.70. The van der Waals surface area contributed by atoms with Crippen molar-refractivity contribution in [2.75, 3.05) is 38.7 Å². The van der Waals surface area contributed by atoms with Crippen LogP contribution < -0.4 is 16.0 Å². The number of amides is 1. The summed E-state index contributed by atoms with van der Waals surface area (Å²) in [4.78, 5) is 13.7. The van der Waals surface area contributed by atoms with Crippen LogP contribution in [0.5, 0.6) is 0 Å². The summed E-state index contributed by atoms with van der Waals surface area (Å²) in [5.74, 6) is 0.200. The van der Waals surface area contributed by atoms with Crippen molar-refractivity contribution in [3.05, 3.63) is 46.3 Å². The molecule has 1 unspecified atom stereocenters. The highest BCUT2D eigenvalue weighted by molar-refractivity contribution is 6.34. The molecule has 0 saturated carbocycles. The molecule has 3 rings (SSSR count). The number of amidine groups is 1. The van der Waals surface area contributed by atoms with Gasteiger partial charge in [0.1, 0.15) is 5.84 Å². The molecule has 1 aromatic rings. The molecule has 9 heteroatoms. The van der Waals surface area contributed by atoms with E-state index in [1.165, 1.54) is 6.21 Å². The van der Waals surface area contributed by atoms with Crippen molar-refractivity contribution >= 4 is 40.8 Å². The predicted octanol–water partition coefficient (Wildman–Crippen LogP) is 2.82. The number of nitrogens with zero attached hydrogens (tertiary/aromatic N) is 1. The summed E-state index contributed by atoms with van der Waals surface area (Å²) in [7, 11) is 1.77. The molecular formula is C22H29ClN6O2. The minimum atomic E-state index is -0.00794. The van der Waals surface area contributed by atoms with Gasteiger partial charge in [0, 0.05) is 62.8 Å². The first-order valence-electron chi connectivity index (χ1n) is 10.3. The van der Waals surface area contributed by atoms with Crippen molar-refractivity contribution in [2.45, 2.75) is 25.8 Å². The van der Waals surface area contributed by atoms with Gasteiger partial charge < -0.3 is 31.0 Å². The normalized spacial score (nSPS) is 19.3. The van der Waals surface area contributed by atoms with E-state index < -0.39 is 0 Å². The summed E-state index contributed by atoms with van der Waals surface area (Å²) >= 11 is 6.47. The van der Waals surface area contributed by atoms with Crippen molar-refractivity contribution in [3.63, 3.8) is 0 Å². The maximum absolute atomic E-state index is 11.9. The number of carbonyl (C=O) groups is 1. The van der Waals surface area contributed by atoms with Crippen LogP contribution in [0.25, 0.3) is 5.57 Å². The first-order chi connectivity index (χ1) is 14.9. The van der Waals surface area contributed by atoms with Crippen LogP contribution >= 0.6 is 11.6 Å². The van der Waals surface area contributed by atoms with Crippen LogP contribution in [0.1, 0.15) is 25.3 Å². The lowest BCUT2D eigenvalue weighted by Crippen LogP contribution is -2.42. The first kappa shape index (κ1) is 22.8. The highest BCUT2D eigenvalue weighted by Gasteiger charge is 2.26. The maximum atomic E-state index is 11.9. The molecule has 1 fully saturated rings. The third kappa shape index (κ3) is 5.65. The molecule has 1 saturated heterocycles. The molecule has 2 aliphatic rings. The Bertz CT molecular complexity index is 921. The third-order valence-electron chi connectivity index (χ3n) is 5.42. The molecule has 0 bridgehead atoms. The molecule has 8 nitrogen and oxygen atoms in total. The van der Waals surface area contributed by atoms with Crippen LogP contribution in [0.4, 0.5) is 5.69 Å². The van der Waals surface area contributed by atoms with E-state index in [-0.39, 0.29) is 17.8 Å². The van der Waals surface area contributed by atoms with Gasteiger partial charge in [0.05, 0.1) is 29.9 Å². The second kappa shape index (κ2) is 10.5. The summed E-state index contributed by atoms with van der Waals surface area (Å²) in [5, 5.41) is 26.2. The summed E-state index contributed by atoms with van der Waals surface area (Å²) in [6, 6.07) is 5.63. The molecule has 0 aromatic heterocycles. The van der Waals surface area contributed by atoms with E-state index in [4.69, 9.17) is 27.2 Å². The molecule has 0 radical (unpaired) electrons. The highest BCUT2D eigenvalue weighted by atomic mass is 35.5. The van der Waals surface area contributed by atoms with Crippen molar-refractivity contribution in [3.8, 4) is 0 Å². The van der Waals surface area contributed by atoms with Gasteiger partial charge in [-0.05, 0) is 24.1 Å². The molecule has 2 aliphatic heterocycles. The topological polar surface area (TPSA) is 113 Å². The number of anilines is 1. The number of benzene rings is 1. The Balaban J connectivity index is 1.82. The first-order valence-corrected chi connectivity index (χ1v) is 10.7. The Morgan fingerprint density at radius 2 is 2.19 bits per heavy atom. The van der Waals surface area contributed by atoms with Gasteiger partial charge in [0.15, 0.2) is 0 Å². The van der Waals surface area contributed by atoms with Gasteiger partial charge >= 0.3 is 0 Å².